The van der Waals surface area contributed by atoms with E-state index < -0.39 is 0 Å². The molecular formula is C22H27N5O. The SMILES string of the molecule is CCc1c(C(=O)NCc2ccc(N(CC)CC)nc2)cnn1-c1ccccc1. The number of anilines is 1. The van der Waals surface area contributed by atoms with Gasteiger partial charge in [0.2, 0.25) is 0 Å². The molecule has 0 spiro atoms. The van der Waals surface area contributed by atoms with Gasteiger partial charge in [0.25, 0.3) is 5.91 Å². The van der Waals surface area contributed by atoms with Crippen LogP contribution in [0.3, 0.4) is 0 Å². The Morgan fingerprint density at radius 3 is 2.39 bits per heavy atom. The second kappa shape index (κ2) is 9.17. The number of rotatable bonds is 8. The van der Waals surface area contributed by atoms with Gasteiger partial charge in [-0.3, -0.25) is 4.79 Å². The number of nitrogens with one attached hydrogen (secondary N) is 1. The first kappa shape index (κ1) is 19.6. The van der Waals surface area contributed by atoms with E-state index in [2.05, 4.69) is 34.1 Å². The number of hydrogen-bond acceptors (Lipinski definition) is 4. The lowest BCUT2D eigenvalue weighted by molar-refractivity contribution is 0.0950. The lowest BCUT2D eigenvalue weighted by Gasteiger charge is -2.19. The summed E-state index contributed by atoms with van der Waals surface area (Å²) >= 11 is 0. The van der Waals surface area contributed by atoms with Crippen LogP contribution in [0.2, 0.25) is 0 Å². The van der Waals surface area contributed by atoms with Crippen LogP contribution in [0, 0.1) is 0 Å². The molecule has 0 radical (unpaired) electrons. The molecule has 0 aliphatic heterocycles. The van der Waals surface area contributed by atoms with E-state index in [9.17, 15) is 4.79 Å². The van der Waals surface area contributed by atoms with Gasteiger partial charge in [-0.05, 0) is 44.0 Å². The number of aromatic nitrogens is 3. The molecule has 6 nitrogen and oxygen atoms in total. The van der Waals surface area contributed by atoms with Crippen molar-refractivity contribution < 1.29 is 4.79 Å². The summed E-state index contributed by atoms with van der Waals surface area (Å²) in [7, 11) is 0. The summed E-state index contributed by atoms with van der Waals surface area (Å²) in [4.78, 5) is 19.4. The molecule has 0 saturated heterocycles. The van der Waals surface area contributed by atoms with Gasteiger partial charge in [0.1, 0.15) is 5.82 Å². The number of para-hydroxylation sites is 1. The van der Waals surface area contributed by atoms with Gasteiger partial charge < -0.3 is 10.2 Å². The van der Waals surface area contributed by atoms with Gasteiger partial charge in [-0.1, -0.05) is 31.2 Å². The molecule has 2 aromatic heterocycles. The first-order valence-electron chi connectivity index (χ1n) is 9.78. The topological polar surface area (TPSA) is 63.1 Å². The molecule has 1 N–H and O–H groups in total. The van der Waals surface area contributed by atoms with Crippen LogP contribution in [0.4, 0.5) is 5.82 Å². The fraction of sp³-hybridized carbons (Fsp3) is 0.318. The van der Waals surface area contributed by atoms with E-state index in [1.807, 2.05) is 60.3 Å². The van der Waals surface area contributed by atoms with Gasteiger partial charge in [0, 0.05) is 25.8 Å². The Kier molecular flexibility index (Phi) is 6.42. The van der Waals surface area contributed by atoms with E-state index in [1.165, 1.54) is 0 Å². The summed E-state index contributed by atoms with van der Waals surface area (Å²) in [5.41, 5.74) is 3.44. The zero-order valence-corrected chi connectivity index (χ0v) is 16.7. The van der Waals surface area contributed by atoms with Crippen molar-refractivity contribution in [2.75, 3.05) is 18.0 Å². The highest BCUT2D eigenvalue weighted by Gasteiger charge is 2.17. The molecule has 2 heterocycles. The lowest BCUT2D eigenvalue weighted by atomic mass is 10.2. The van der Waals surface area contributed by atoms with Crippen molar-refractivity contribution in [1.82, 2.24) is 20.1 Å². The standard InChI is InChI=1S/C22H27N5O/c1-4-20-19(16-25-27(20)18-10-8-7-9-11-18)22(28)24-15-17-12-13-21(23-14-17)26(5-2)6-3/h7-14,16H,4-6,15H2,1-3H3,(H,24,28). The molecule has 0 fully saturated rings. The summed E-state index contributed by atoms with van der Waals surface area (Å²) in [6.07, 6.45) is 4.18. The highest BCUT2D eigenvalue weighted by atomic mass is 16.1. The van der Waals surface area contributed by atoms with Gasteiger partial charge in [0.05, 0.1) is 23.1 Å². The predicted octanol–water partition coefficient (Wildman–Crippen LogP) is 3.61. The zero-order valence-electron chi connectivity index (χ0n) is 16.7. The monoisotopic (exact) mass is 377 g/mol. The Morgan fingerprint density at radius 2 is 1.79 bits per heavy atom. The van der Waals surface area contributed by atoms with E-state index in [4.69, 9.17) is 0 Å². The molecular weight excluding hydrogens is 350 g/mol. The van der Waals surface area contributed by atoms with Crippen LogP contribution in [0.15, 0.2) is 54.9 Å². The normalized spacial score (nSPS) is 10.7. The van der Waals surface area contributed by atoms with Crippen molar-refractivity contribution >= 4 is 11.7 Å². The summed E-state index contributed by atoms with van der Waals surface area (Å²) < 4.78 is 1.83. The van der Waals surface area contributed by atoms with E-state index in [1.54, 1.807) is 6.20 Å². The van der Waals surface area contributed by atoms with E-state index in [0.29, 0.717) is 12.1 Å². The quantitative estimate of drug-likeness (QED) is 0.651. The maximum absolute atomic E-state index is 12.7. The molecule has 6 heteroatoms. The molecule has 146 valence electrons. The van der Waals surface area contributed by atoms with Crippen molar-refractivity contribution in [2.45, 2.75) is 33.7 Å². The maximum atomic E-state index is 12.7. The number of carbonyl (C=O) groups excluding carboxylic acids is 1. The largest absolute Gasteiger partial charge is 0.357 e. The summed E-state index contributed by atoms with van der Waals surface area (Å²) in [5, 5.41) is 7.41. The first-order chi connectivity index (χ1) is 13.7. The molecule has 0 atom stereocenters. The second-order valence-electron chi connectivity index (χ2n) is 6.49. The number of benzene rings is 1. The third-order valence-electron chi connectivity index (χ3n) is 4.80. The summed E-state index contributed by atoms with van der Waals surface area (Å²) in [6.45, 7) is 8.53. The van der Waals surface area contributed by atoms with E-state index in [0.717, 1.165) is 42.3 Å². The third kappa shape index (κ3) is 4.22. The summed E-state index contributed by atoms with van der Waals surface area (Å²) in [6, 6.07) is 13.9. The molecule has 3 rings (SSSR count). The molecule has 0 bridgehead atoms. The highest BCUT2D eigenvalue weighted by molar-refractivity contribution is 5.95. The zero-order chi connectivity index (χ0) is 19.9. The van der Waals surface area contributed by atoms with Crippen LogP contribution >= 0.6 is 0 Å². The van der Waals surface area contributed by atoms with Crippen LogP contribution in [0.1, 0.15) is 42.4 Å². The molecule has 0 aliphatic carbocycles. The van der Waals surface area contributed by atoms with Crippen LogP contribution in [-0.4, -0.2) is 33.8 Å². The molecule has 0 unspecified atom stereocenters. The molecule has 0 saturated carbocycles. The Balaban J connectivity index is 1.69. The lowest BCUT2D eigenvalue weighted by Crippen LogP contribution is -2.25. The number of carbonyl (C=O) groups is 1. The van der Waals surface area contributed by atoms with Gasteiger partial charge in [-0.15, -0.1) is 0 Å². The molecule has 28 heavy (non-hydrogen) atoms. The van der Waals surface area contributed by atoms with Crippen molar-refractivity contribution in [2.24, 2.45) is 0 Å². The van der Waals surface area contributed by atoms with Crippen LogP contribution < -0.4 is 10.2 Å². The second-order valence-corrected chi connectivity index (χ2v) is 6.49. The molecule has 3 aromatic rings. The molecule has 1 amide bonds. The minimum atomic E-state index is -0.119. The third-order valence-corrected chi connectivity index (χ3v) is 4.80. The molecule has 0 aliphatic rings. The van der Waals surface area contributed by atoms with Crippen molar-refractivity contribution in [3.8, 4) is 5.69 Å². The number of amides is 1. The minimum Gasteiger partial charge on any atom is -0.357 e. The maximum Gasteiger partial charge on any atom is 0.255 e. The summed E-state index contributed by atoms with van der Waals surface area (Å²) in [5.74, 6) is 0.837. The first-order valence-corrected chi connectivity index (χ1v) is 9.78. The van der Waals surface area contributed by atoms with Crippen LogP contribution in [0.5, 0.6) is 0 Å². The van der Waals surface area contributed by atoms with Gasteiger partial charge >= 0.3 is 0 Å². The van der Waals surface area contributed by atoms with Crippen LogP contribution in [-0.2, 0) is 13.0 Å². The molecule has 1 aromatic carbocycles. The number of hydrogen-bond donors (Lipinski definition) is 1. The fourth-order valence-corrected chi connectivity index (χ4v) is 3.23. The Morgan fingerprint density at radius 1 is 1.04 bits per heavy atom. The van der Waals surface area contributed by atoms with E-state index >= 15 is 0 Å². The van der Waals surface area contributed by atoms with Crippen molar-refractivity contribution in [3.05, 3.63) is 71.7 Å². The average Bonchev–Trinajstić information content (AvgIpc) is 3.18. The van der Waals surface area contributed by atoms with Gasteiger partial charge in [0.15, 0.2) is 0 Å². The predicted molar refractivity (Wildman–Crippen MR) is 112 cm³/mol. The van der Waals surface area contributed by atoms with Gasteiger partial charge in [-0.2, -0.15) is 5.10 Å². The average molecular weight is 377 g/mol. The minimum absolute atomic E-state index is 0.119. The fourth-order valence-electron chi connectivity index (χ4n) is 3.23. The van der Waals surface area contributed by atoms with Gasteiger partial charge in [-0.25, -0.2) is 9.67 Å². The number of nitrogens with zero attached hydrogens (tertiary/aromatic N) is 4. The smallest absolute Gasteiger partial charge is 0.255 e. The van der Waals surface area contributed by atoms with Crippen molar-refractivity contribution in [1.29, 1.82) is 0 Å². The van der Waals surface area contributed by atoms with Crippen LogP contribution in [0.25, 0.3) is 5.69 Å². The highest BCUT2D eigenvalue weighted by Crippen LogP contribution is 2.16. The number of pyridine rings is 1. The Labute approximate surface area is 166 Å². The van der Waals surface area contributed by atoms with Crippen molar-refractivity contribution in [3.63, 3.8) is 0 Å². The Hall–Kier alpha value is -3.15. The van der Waals surface area contributed by atoms with E-state index in [-0.39, 0.29) is 5.91 Å². The Bertz CT molecular complexity index is 898.